The van der Waals surface area contributed by atoms with Gasteiger partial charge in [0.2, 0.25) is 0 Å². The Morgan fingerprint density at radius 2 is 2.05 bits per heavy atom. The average Bonchev–Trinajstić information content (AvgIpc) is 2.49. The van der Waals surface area contributed by atoms with Crippen molar-refractivity contribution >= 4 is 0 Å². The second kappa shape index (κ2) is 6.98. The summed E-state index contributed by atoms with van der Waals surface area (Å²) < 4.78 is 6.50. The third kappa shape index (κ3) is 3.31. The molecule has 5 heteroatoms. The van der Waals surface area contributed by atoms with Gasteiger partial charge in [0.25, 0.3) is 5.56 Å². The maximum Gasteiger partial charge on any atom is 0.271 e. The van der Waals surface area contributed by atoms with Gasteiger partial charge in [-0.2, -0.15) is 5.10 Å². The molecule has 1 heterocycles. The molecule has 0 aliphatic carbocycles. The molecule has 0 bridgehead atoms. The maximum absolute atomic E-state index is 12.3. The quantitative estimate of drug-likeness (QED) is 0.861. The van der Waals surface area contributed by atoms with Crippen molar-refractivity contribution in [3.63, 3.8) is 0 Å². The molecule has 5 nitrogen and oxygen atoms in total. The molecule has 0 spiro atoms. The van der Waals surface area contributed by atoms with Crippen LogP contribution in [0.4, 0.5) is 0 Å². The Balaban J connectivity index is 2.47. The molecule has 20 heavy (non-hydrogen) atoms. The van der Waals surface area contributed by atoms with Gasteiger partial charge < -0.3 is 10.1 Å². The lowest BCUT2D eigenvalue weighted by Crippen LogP contribution is -2.30. The van der Waals surface area contributed by atoms with E-state index in [1.807, 2.05) is 43.4 Å². The van der Waals surface area contributed by atoms with Crippen LogP contribution in [-0.2, 0) is 17.8 Å². The van der Waals surface area contributed by atoms with E-state index in [-0.39, 0.29) is 5.56 Å². The van der Waals surface area contributed by atoms with Gasteiger partial charge in [0, 0.05) is 24.8 Å². The maximum atomic E-state index is 12.3. The van der Waals surface area contributed by atoms with Crippen LogP contribution in [0.2, 0.25) is 0 Å². The van der Waals surface area contributed by atoms with Crippen LogP contribution in [0.25, 0.3) is 11.3 Å². The molecule has 1 aromatic heterocycles. The van der Waals surface area contributed by atoms with E-state index in [1.165, 1.54) is 4.68 Å². The number of methoxy groups -OCH3 is 1. The topological polar surface area (TPSA) is 56.1 Å². The van der Waals surface area contributed by atoms with E-state index in [9.17, 15) is 4.79 Å². The first kappa shape index (κ1) is 14.4. The third-order valence-corrected chi connectivity index (χ3v) is 2.99. The summed E-state index contributed by atoms with van der Waals surface area (Å²) >= 11 is 0. The normalized spacial score (nSPS) is 10.7. The van der Waals surface area contributed by atoms with Gasteiger partial charge in [-0.15, -0.1) is 0 Å². The summed E-state index contributed by atoms with van der Waals surface area (Å²) in [7, 11) is 3.43. The Hall–Kier alpha value is -1.98. The fourth-order valence-electron chi connectivity index (χ4n) is 1.99. The van der Waals surface area contributed by atoms with Crippen molar-refractivity contribution in [3.8, 4) is 11.3 Å². The fourth-order valence-corrected chi connectivity index (χ4v) is 1.99. The Kier molecular flexibility index (Phi) is 5.03. The smallest absolute Gasteiger partial charge is 0.271 e. The van der Waals surface area contributed by atoms with E-state index in [4.69, 9.17) is 4.74 Å². The van der Waals surface area contributed by atoms with Crippen LogP contribution in [0.15, 0.2) is 41.2 Å². The molecular weight excluding hydrogens is 254 g/mol. The number of nitrogens with zero attached hydrogens (tertiary/aromatic N) is 2. The first-order chi connectivity index (χ1) is 9.76. The molecule has 0 fully saturated rings. The monoisotopic (exact) mass is 273 g/mol. The zero-order valence-electron chi connectivity index (χ0n) is 11.8. The Bertz CT molecular complexity index is 608. The molecule has 1 aromatic carbocycles. The predicted octanol–water partition coefficient (Wildman–Crippen LogP) is 1.28. The first-order valence-electron chi connectivity index (χ1n) is 6.56. The molecule has 0 atom stereocenters. The minimum atomic E-state index is -0.0731. The molecule has 0 unspecified atom stereocenters. The highest BCUT2D eigenvalue weighted by molar-refractivity contribution is 5.58. The van der Waals surface area contributed by atoms with Crippen LogP contribution in [0.3, 0.4) is 0 Å². The van der Waals surface area contributed by atoms with Gasteiger partial charge in [-0.25, -0.2) is 4.68 Å². The Labute approximate surface area is 118 Å². The molecule has 106 valence electrons. The van der Waals surface area contributed by atoms with E-state index < -0.39 is 0 Å². The summed E-state index contributed by atoms with van der Waals surface area (Å²) in [4.78, 5) is 12.3. The van der Waals surface area contributed by atoms with Gasteiger partial charge in [0.1, 0.15) is 0 Å². The number of rotatable bonds is 6. The standard InChI is InChI=1S/C15H19N3O2/c1-16-11-13-10-14(12-6-4-3-5-7-12)17-18(15(13)19)8-9-20-2/h3-7,10,16H,8-9,11H2,1-2H3. The van der Waals surface area contributed by atoms with Gasteiger partial charge >= 0.3 is 0 Å². The lowest BCUT2D eigenvalue weighted by Gasteiger charge is -2.10. The van der Waals surface area contributed by atoms with Crippen molar-refractivity contribution in [2.24, 2.45) is 0 Å². The Morgan fingerprint density at radius 3 is 2.70 bits per heavy atom. The molecule has 0 saturated carbocycles. The Morgan fingerprint density at radius 1 is 1.30 bits per heavy atom. The highest BCUT2D eigenvalue weighted by Gasteiger charge is 2.09. The van der Waals surface area contributed by atoms with Crippen LogP contribution in [-0.4, -0.2) is 30.5 Å². The third-order valence-electron chi connectivity index (χ3n) is 2.99. The lowest BCUT2D eigenvalue weighted by molar-refractivity contribution is 0.182. The van der Waals surface area contributed by atoms with E-state index >= 15 is 0 Å². The summed E-state index contributed by atoms with van der Waals surface area (Å²) in [6, 6.07) is 11.7. The number of benzene rings is 1. The molecule has 0 aliphatic heterocycles. The minimum absolute atomic E-state index is 0.0731. The summed E-state index contributed by atoms with van der Waals surface area (Å²) in [5.74, 6) is 0. The van der Waals surface area contributed by atoms with Crippen LogP contribution in [0, 0.1) is 0 Å². The first-order valence-corrected chi connectivity index (χ1v) is 6.56. The highest BCUT2D eigenvalue weighted by Crippen LogP contribution is 2.15. The number of hydrogen-bond donors (Lipinski definition) is 1. The SMILES string of the molecule is CNCc1cc(-c2ccccc2)nn(CCOC)c1=O. The van der Waals surface area contributed by atoms with Gasteiger partial charge in [-0.05, 0) is 13.1 Å². The molecule has 2 rings (SSSR count). The van der Waals surface area contributed by atoms with Crippen molar-refractivity contribution in [1.82, 2.24) is 15.1 Å². The largest absolute Gasteiger partial charge is 0.383 e. The van der Waals surface area contributed by atoms with Crippen molar-refractivity contribution in [2.75, 3.05) is 20.8 Å². The van der Waals surface area contributed by atoms with Gasteiger partial charge in [0.15, 0.2) is 0 Å². The van der Waals surface area contributed by atoms with E-state index in [0.29, 0.717) is 25.3 Å². The van der Waals surface area contributed by atoms with Gasteiger partial charge in [0.05, 0.1) is 18.8 Å². The van der Waals surface area contributed by atoms with Crippen molar-refractivity contribution in [1.29, 1.82) is 0 Å². The number of aromatic nitrogens is 2. The van der Waals surface area contributed by atoms with Crippen LogP contribution in [0.1, 0.15) is 5.56 Å². The summed E-state index contributed by atoms with van der Waals surface area (Å²) in [5, 5.41) is 7.43. The zero-order valence-corrected chi connectivity index (χ0v) is 11.8. The minimum Gasteiger partial charge on any atom is -0.383 e. The fraction of sp³-hybridized carbons (Fsp3) is 0.333. The van der Waals surface area contributed by atoms with Crippen molar-refractivity contribution in [3.05, 3.63) is 52.3 Å². The summed E-state index contributed by atoms with van der Waals surface area (Å²) in [5.41, 5.74) is 2.43. The lowest BCUT2D eigenvalue weighted by atomic mass is 10.1. The predicted molar refractivity (Wildman–Crippen MR) is 78.6 cm³/mol. The average molecular weight is 273 g/mol. The summed E-state index contributed by atoms with van der Waals surface area (Å²) in [6.45, 7) is 1.44. The molecule has 0 radical (unpaired) electrons. The molecule has 2 aromatic rings. The summed E-state index contributed by atoms with van der Waals surface area (Å²) in [6.07, 6.45) is 0. The van der Waals surface area contributed by atoms with Crippen LogP contribution >= 0.6 is 0 Å². The highest BCUT2D eigenvalue weighted by atomic mass is 16.5. The van der Waals surface area contributed by atoms with E-state index in [1.54, 1.807) is 7.11 Å². The molecular formula is C15H19N3O2. The van der Waals surface area contributed by atoms with Gasteiger partial charge in [-0.1, -0.05) is 30.3 Å². The number of hydrogen-bond acceptors (Lipinski definition) is 4. The number of ether oxygens (including phenoxy) is 1. The van der Waals surface area contributed by atoms with Crippen LogP contribution in [0.5, 0.6) is 0 Å². The zero-order chi connectivity index (χ0) is 14.4. The van der Waals surface area contributed by atoms with Crippen molar-refractivity contribution < 1.29 is 4.74 Å². The molecule has 0 saturated heterocycles. The van der Waals surface area contributed by atoms with Crippen molar-refractivity contribution in [2.45, 2.75) is 13.1 Å². The number of nitrogens with one attached hydrogen (secondary N) is 1. The molecule has 1 N–H and O–H groups in total. The second-order valence-electron chi connectivity index (χ2n) is 4.47. The van der Waals surface area contributed by atoms with Gasteiger partial charge in [-0.3, -0.25) is 4.79 Å². The van der Waals surface area contributed by atoms with Crippen LogP contribution < -0.4 is 10.9 Å². The molecule has 0 amide bonds. The van der Waals surface area contributed by atoms with E-state index in [0.717, 1.165) is 11.3 Å². The second-order valence-corrected chi connectivity index (χ2v) is 4.47. The molecule has 0 aliphatic rings. The van der Waals surface area contributed by atoms with E-state index in [2.05, 4.69) is 10.4 Å².